The molecule has 0 aliphatic carbocycles. The SMILES string of the molecule is Cc1ccc(C(C)Nc2ccccc2C(C)C)c(O)c1. The Kier molecular flexibility index (Phi) is 4.33. The Hall–Kier alpha value is -1.96. The van der Waals surface area contributed by atoms with Gasteiger partial charge in [-0.05, 0) is 43.0 Å². The first-order valence-electron chi connectivity index (χ1n) is 7.14. The summed E-state index contributed by atoms with van der Waals surface area (Å²) in [5.74, 6) is 0.824. The van der Waals surface area contributed by atoms with Crippen LogP contribution in [0.3, 0.4) is 0 Å². The Balaban J connectivity index is 2.26. The van der Waals surface area contributed by atoms with E-state index in [-0.39, 0.29) is 6.04 Å². The molecule has 0 bridgehead atoms. The van der Waals surface area contributed by atoms with Gasteiger partial charge in [0.1, 0.15) is 5.75 Å². The van der Waals surface area contributed by atoms with Crippen molar-refractivity contribution >= 4 is 5.69 Å². The highest BCUT2D eigenvalue weighted by Crippen LogP contribution is 2.31. The zero-order valence-corrected chi connectivity index (χ0v) is 12.6. The highest BCUT2D eigenvalue weighted by molar-refractivity contribution is 5.54. The summed E-state index contributed by atoms with van der Waals surface area (Å²) in [5, 5.41) is 13.6. The van der Waals surface area contributed by atoms with Crippen LogP contribution in [0.25, 0.3) is 0 Å². The van der Waals surface area contributed by atoms with Gasteiger partial charge >= 0.3 is 0 Å². The van der Waals surface area contributed by atoms with Gasteiger partial charge in [-0.2, -0.15) is 0 Å². The molecule has 0 radical (unpaired) electrons. The van der Waals surface area contributed by atoms with E-state index in [9.17, 15) is 5.11 Å². The zero-order chi connectivity index (χ0) is 14.7. The number of aryl methyl sites for hydroxylation is 1. The summed E-state index contributed by atoms with van der Waals surface area (Å²) in [7, 11) is 0. The number of hydrogen-bond acceptors (Lipinski definition) is 2. The lowest BCUT2D eigenvalue weighted by Gasteiger charge is -2.21. The number of phenolic OH excluding ortho intramolecular Hbond substituents is 1. The molecule has 2 aromatic rings. The molecule has 0 aliphatic rings. The monoisotopic (exact) mass is 269 g/mol. The second-order valence-electron chi connectivity index (χ2n) is 5.67. The lowest BCUT2D eigenvalue weighted by atomic mass is 9.99. The van der Waals surface area contributed by atoms with Gasteiger partial charge in [0.2, 0.25) is 0 Å². The predicted molar refractivity (Wildman–Crippen MR) is 85.4 cm³/mol. The van der Waals surface area contributed by atoms with Gasteiger partial charge in [0.05, 0.1) is 6.04 Å². The smallest absolute Gasteiger partial charge is 0.121 e. The van der Waals surface area contributed by atoms with Gasteiger partial charge in [-0.3, -0.25) is 0 Å². The molecule has 0 saturated heterocycles. The van der Waals surface area contributed by atoms with Crippen LogP contribution in [0, 0.1) is 6.92 Å². The van der Waals surface area contributed by atoms with E-state index in [1.165, 1.54) is 5.56 Å². The van der Waals surface area contributed by atoms with Crippen molar-refractivity contribution in [2.45, 2.75) is 39.7 Å². The van der Waals surface area contributed by atoms with Gasteiger partial charge in [-0.1, -0.05) is 44.2 Å². The van der Waals surface area contributed by atoms with Gasteiger partial charge < -0.3 is 10.4 Å². The number of rotatable bonds is 4. The van der Waals surface area contributed by atoms with Gasteiger partial charge in [0.15, 0.2) is 0 Å². The topological polar surface area (TPSA) is 32.3 Å². The first-order chi connectivity index (χ1) is 9.49. The average molecular weight is 269 g/mol. The van der Waals surface area contributed by atoms with Gasteiger partial charge in [0, 0.05) is 11.3 Å². The van der Waals surface area contributed by atoms with Crippen LogP contribution in [0.5, 0.6) is 5.75 Å². The molecular weight excluding hydrogens is 246 g/mol. The number of para-hydroxylation sites is 1. The van der Waals surface area contributed by atoms with Gasteiger partial charge in [-0.15, -0.1) is 0 Å². The minimum absolute atomic E-state index is 0.0653. The Morgan fingerprint density at radius 3 is 2.30 bits per heavy atom. The third-order valence-electron chi connectivity index (χ3n) is 3.61. The largest absolute Gasteiger partial charge is 0.508 e. The quantitative estimate of drug-likeness (QED) is 0.819. The highest BCUT2D eigenvalue weighted by Gasteiger charge is 2.13. The molecular formula is C18H23NO. The van der Waals surface area contributed by atoms with Crippen LogP contribution in [0.2, 0.25) is 0 Å². The zero-order valence-electron chi connectivity index (χ0n) is 12.6. The van der Waals surface area contributed by atoms with Crippen molar-refractivity contribution in [3.8, 4) is 5.75 Å². The fourth-order valence-electron chi connectivity index (χ4n) is 2.46. The Bertz CT molecular complexity index is 590. The Morgan fingerprint density at radius 1 is 0.950 bits per heavy atom. The molecule has 2 nitrogen and oxygen atoms in total. The fraction of sp³-hybridized carbons (Fsp3) is 0.333. The predicted octanol–water partition coefficient (Wildman–Crippen LogP) is 5.00. The molecule has 2 heteroatoms. The molecule has 0 heterocycles. The normalized spacial score (nSPS) is 12.4. The van der Waals surface area contributed by atoms with Crippen molar-refractivity contribution in [1.29, 1.82) is 0 Å². The van der Waals surface area contributed by atoms with Crippen molar-refractivity contribution in [2.24, 2.45) is 0 Å². The molecule has 0 amide bonds. The summed E-state index contributed by atoms with van der Waals surface area (Å²) in [6.07, 6.45) is 0. The first kappa shape index (κ1) is 14.4. The summed E-state index contributed by atoms with van der Waals surface area (Å²) < 4.78 is 0. The van der Waals surface area contributed by atoms with Crippen LogP contribution in [-0.2, 0) is 0 Å². The minimum atomic E-state index is 0.0653. The fourth-order valence-corrected chi connectivity index (χ4v) is 2.46. The van der Waals surface area contributed by atoms with Crippen molar-refractivity contribution in [1.82, 2.24) is 0 Å². The van der Waals surface area contributed by atoms with E-state index >= 15 is 0 Å². The number of anilines is 1. The molecule has 20 heavy (non-hydrogen) atoms. The molecule has 2 aromatic carbocycles. The third-order valence-corrected chi connectivity index (χ3v) is 3.61. The highest BCUT2D eigenvalue weighted by atomic mass is 16.3. The number of benzene rings is 2. The molecule has 106 valence electrons. The number of nitrogens with one attached hydrogen (secondary N) is 1. The maximum absolute atomic E-state index is 10.1. The van der Waals surface area contributed by atoms with Gasteiger partial charge in [-0.25, -0.2) is 0 Å². The lowest BCUT2D eigenvalue weighted by Crippen LogP contribution is -2.09. The molecule has 0 spiro atoms. The van der Waals surface area contributed by atoms with Gasteiger partial charge in [0.25, 0.3) is 0 Å². The van der Waals surface area contributed by atoms with Crippen LogP contribution < -0.4 is 5.32 Å². The van der Waals surface area contributed by atoms with Crippen LogP contribution in [0.1, 0.15) is 49.4 Å². The second-order valence-corrected chi connectivity index (χ2v) is 5.67. The number of hydrogen-bond donors (Lipinski definition) is 2. The molecule has 0 aromatic heterocycles. The molecule has 2 N–H and O–H groups in total. The van der Waals surface area contributed by atoms with E-state index in [0.29, 0.717) is 11.7 Å². The summed E-state index contributed by atoms with van der Waals surface area (Å²) in [6, 6.07) is 14.2. The number of phenols is 1. The van der Waals surface area contributed by atoms with E-state index in [2.05, 4.69) is 44.3 Å². The maximum atomic E-state index is 10.1. The average Bonchev–Trinajstić information content (AvgIpc) is 2.38. The van der Waals surface area contributed by atoms with E-state index < -0.39 is 0 Å². The van der Waals surface area contributed by atoms with Crippen molar-refractivity contribution in [3.05, 3.63) is 59.2 Å². The number of aromatic hydroxyl groups is 1. The second kappa shape index (κ2) is 6.00. The maximum Gasteiger partial charge on any atom is 0.121 e. The molecule has 2 rings (SSSR count). The minimum Gasteiger partial charge on any atom is -0.508 e. The van der Waals surface area contributed by atoms with Crippen molar-refractivity contribution < 1.29 is 5.11 Å². The van der Waals surface area contributed by atoms with Crippen LogP contribution >= 0.6 is 0 Å². The first-order valence-corrected chi connectivity index (χ1v) is 7.14. The molecule has 1 atom stereocenters. The van der Waals surface area contributed by atoms with E-state index in [1.54, 1.807) is 0 Å². The molecule has 0 fully saturated rings. The Labute approximate surface area is 121 Å². The van der Waals surface area contributed by atoms with Crippen LogP contribution in [-0.4, -0.2) is 5.11 Å². The third kappa shape index (κ3) is 3.13. The summed E-state index contributed by atoms with van der Waals surface area (Å²) in [5.41, 5.74) is 4.43. The van der Waals surface area contributed by atoms with E-state index in [4.69, 9.17) is 0 Å². The van der Waals surface area contributed by atoms with Crippen LogP contribution in [0.4, 0.5) is 5.69 Å². The van der Waals surface area contributed by atoms with Crippen molar-refractivity contribution in [3.63, 3.8) is 0 Å². The summed E-state index contributed by atoms with van der Waals surface area (Å²) >= 11 is 0. The summed E-state index contributed by atoms with van der Waals surface area (Å²) in [6.45, 7) is 8.43. The lowest BCUT2D eigenvalue weighted by molar-refractivity contribution is 0.465. The standard InChI is InChI=1S/C18H23NO/c1-12(2)15-7-5-6-8-17(15)19-14(4)16-10-9-13(3)11-18(16)20/h5-12,14,19-20H,1-4H3. The molecule has 0 saturated carbocycles. The van der Waals surface area contributed by atoms with Crippen molar-refractivity contribution in [2.75, 3.05) is 5.32 Å². The molecule has 1 unspecified atom stereocenters. The molecule has 0 aliphatic heterocycles. The van der Waals surface area contributed by atoms with E-state index in [1.807, 2.05) is 31.2 Å². The van der Waals surface area contributed by atoms with Crippen LogP contribution in [0.15, 0.2) is 42.5 Å². The van der Waals surface area contributed by atoms with E-state index in [0.717, 1.165) is 16.8 Å². The Morgan fingerprint density at radius 2 is 1.65 bits per heavy atom. The summed E-state index contributed by atoms with van der Waals surface area (Å²) in [4.78, 5) is 0.